The number of rotatable bonds is 10. The Labute approximate surface area is 241 Å². The van der Waals surface area contributed by atoms with Crippen LogP contribution in [0.1, 0.15) is 41.0 Å². The summed E-state index contributed by atoms with van der Waals surface area (Å²) < 4.78 is 24.2. The largest absolute Gasteiger partial charge is 0.494 e. The Bertz CT molecular complexity index is 1460. The number of hydrogen-bond donors (Lipinski definition) is 2. The van der Waals surface area contributed by atoms with Gasteiger partial charge in [0, 0.05) is 11.3 Å². The first-order valence-corrected chi connectivity index (χ1v) is 13.2. The van der Waals surface area contributed by atoms with Crippen molar-refractivity contribution in [2.75, 3.05) is 23.4 Å². The molecule has 3 amide bonds. The Morgan fingerprint density at radius 2 is 1.66 bits per heavy atom. The minimum absolute atomic E-state index is 0.00456. The summed E-state index contributed by atoms with van der Waals surface area (Å²) in [6, 6.07) is 16.5. The molecule has 0 aliphatic carbocycles. The fourth-order valence-electron chi connectivity index (χ4n) is 4.09. The molecule has 3 aromatic rings. The Kier molecular flexibility index (Phi) is 9.25. The smallest absolute Gasteiger partial charge is 0.338 e. The number of nitrogens with one attached hydrogen (secondary N) is 2. The van der Waals surface area contributed by atoms with Gasteiger partial charge in [-0.15, -0.1) is 0 Å². The summed E-state index contributed by atoms with van der Waals surface area (Å²) in [7, 11) is 0. The molecule has 1 aliphatic heterocycles. The van der Waals surface area contributed by atoms with Crippen molar-refractivity contribution in [3.8, 4) is 5.75 Å². The van der Waals surface area contributed by atoms with Crippen LogP contribution in [0, 0.1) is 5.82 Å². The number of carbonyl (C=O) groups is 4. The van der Waals surface area contributed by atoms with E-state index < -0.39 is 35.5 Å². The monoisotopic (exact) mass is 578 g/mol. The average Bonchev–Trinajstić information content (AvgIpc) is 3.18. The molecule has 2 N–H and O–H groups in total. The maximum absolute atomic E-state index is 13.7. The molecule has 1 fully saturated rings. The van der Waals surface area contributed by atoms with Crippen LogP contribution in [0.25, 0.3) is 0 Å². The molecule has 1 aliphatic rings. The molecule has 4 rings (SSSR count). The number of ether oxygens (including phenoxy) is 2. The first-order valence-electron chi connectivity index (χ1n) is 12.8. The third-order valence-electron chi connectivity index (χ3n) is 5.99. The number of halogens is 1. The van der Waals surface area contributed by atoms with E-state index >= 15 is 0 Å². The number of nitrogens with zero attached hydrogens (tertiary/aromatic N) is 2. The molecule has 0 spiro atoms. The summed E-state index contributed by atoms with van der Waals surface area (Å²) in [5.41, 5.74) is 3.60. The van der Waals surface area contributed by atoms with Gasteiger partial charge < -0.3 is 14.8 Å². The van der Waals surface area contributed by atoms with Crippen LogP contribution in [0.5, 0.6) is 5.75 Å². The first kappa shape index (κ1) is 29.2. The molecule has 12 heteroatoms. The van der Waals surface area contributed by atoms with Crippen molar-refractivity contribution in [2.24, 2.45) is 0 Å². The zero-order valence-electron chi connectivity index (χ0n) is 22.3. The van der Waals surface area contributed by atoms with E-state index in [0.29, 0.717) is 23.7 Å². The maximum atomic E-state index is 13.7. The van der Waals surface area contributed by atoms with Crippen LogP contribution in [0.2, 0.25) is 0 Å². The Morgan fingerprint density at radius 3 is 2.29 bits per heavy atom. The fraction of sp³-hybridized carbons (Fsp3) is 0.207. The zero-order valence-corrected chi connectivity index (χ0v) is 23.1. The summed E-state index contributed by atoms with van der Waals surface area (Å²) in [5, 5.41) is 3.73. The number of hydrogen-bond acceptors (Lipinski definition) is 7. The number of amides is 3. The van der Waals surface area contributed by atoms with Crippen molar-refractivity contribution in [3.63, 3.8) is 0 Å². The van der Waals surface area contributed by atoms with Crippen LogP contribution in [0.15, 0.2) is 72.8 Å². The highest BCUT2D eigenvalue weighted by atomic mass is 32.1. The second kappa shape index (κ2) is 13.0. The van der Waals surface area contributed by atoms with Crippen LogP contribution in [-0.4, -0.2) is 53.1 Å². The molecule has 0 saturated carbocycles. The van der Waals surface area contributed by atoms with E-state index in [0.717, 1.165) is 16.0 Å². The molecule has 41 heavy (non-hydrogen) atoms. The zero-order chi connectivity index (χ0) is 29.5. The highest BCUT2D eigenvalue weighted by Gasteiger charge is 2.45. The predicted octanol–water partition coefficient (Wildman–Crippen LogP) is 4.08. The van der Waals surface area contributed by atoms with E-state index in [1.165, 1.54) is 42.5 Å². The van der Waals surface area contributed by atoms with Gasteiger partial charge in [-0.3, -0.25) is 24.7 Å². The number of thiocarbonyl (C=S) groups is 1. The van der Waals surface area contributed by atoms with Crippen molar-refractivity contribution in [1.29, 1.82) is 0 Å². The number of anilines is 2. The summed E-state index contributed by atoms with van der Waals surface area (Å²) in [6.45, 7) is 4.24. The first-order chi connectivity index (χ1) is 19.7. The molecule has 0 radical (unpaired) electrons. The maximum Gasteiger partial charge on any atom is 0.338 e. The van der Waals surface area contributed by atoms with Gasteiger partial charge in [-0.25, -0.2) is 14.2 Å². The number of carbonyl (C=O) groups excluding carboxylic acids is 4. The van der Waals surface area contributed by atoms with Crippen molar-refractivity contribution in [1.82, 2.24) is 10.4 Å². The van der Waals surface area contributed by atoms with E-state index in [-0.39, 0.29) is 29.3 Å². The van der Waals surface area contributed by atoms with Crippen LogP contribution in [0.3, 0.4) is 0 Å². The van der Waals surface area contributed by atoms with Gasteiger partial charge in [-0.1, -0.05) is 6.07 Å². The minimum atomic E-state index is -1.22. The summed E-state index contributed by atoms with van der Waals surface area (Å²) in [6.07, 6.45) is -0.368. The highest BCUT2D eigenvalue weighted by Crippen LogP contribution is 2.27. The number of hydrazine groups is 1. The SMILES string of the molecule is CCOC(=O)c1ccc(N2C(=O)C(CC(=O)Nc3ccc(OCC)cc3)N(NC(=O)c3cccc(F)c3)C2=S)cc1. The molecular weight excluding hydrogens is 551 g/mol. The van der Waals surface area contributed by atoms with Crippen LogP contribution < -0.4 is 20.4 Å². The van der Waals surface area contributed by atoms with E-state index in [4.69, 9.17) is 21.7 Å². The van der Waals surface area contributed by atoms with Gasteiger partial charge in [0.25, 0.3) is 11.8 Å². The van der Waals surface area contributed by atoms with Crippen LogP contribution in [0.4, 0.5) is 15.8 Å². The number of benzene rings is 3. The van der Waals surface area contributed by atoms with Crippen molar-refractivity contribution >= 4 is 52.4 Å². The van der Waals surface area contributed by atoms with Gasteiger partial charge in [0.05, 0.1) is 30.9 Å². The van der Waals surface area contributed by atoms with Crippen molar-refractivity contribution in [3.05, 3.63) is 89.7 Å². The van der Waals surface area contributed by atoms with Gasteiger partial charge in [0.2, 0.25) is 11.0 Å². The molecule has 1 unspecified atom stereocenters. The molecule has 0 bridgehead atoms. The van der Waals surface area contributed by atoms with Crippen molar-refractivity contribution < 1.29 is 33.0 Å². The topological polar surface area (TPSA) is 117 Å². The predicted molar refractivity (Wildman–Crippen MR) is 153 cm³/mol. The van der Waals surface area contributed by atoms with E-state index in [9.17, 15) is 23.6 Å². The van der Waals surface area contributed by atoms with Gasteiger partial charge in [0.1, 0.15) is 17.6 Å². The quantitative estimate of drug-likeness (QED) is 0.273. The van der Waals surface area contributed by atoms with Crippen molar-refractivity contribution in [2.45, 2.75) is 26.3 Å². The van der Waals surface area contributed by atoms with Gasteiger partial charge >= 0.3 is 5.97 Å². The lowest BCUT2D eigenvalue weighted by molar-refractivity contribution is -0.124. The Morgan fingerprint density at radius 1 is 0.951 bits per heavy atom. The standard InChI is InChI=1S/C29H27FN4O6S/c1-3-39-23-14-10-21(11-15-23)31-25(35)17-24-27(37)33(22-12-8-18(9-13-22)28(38)40-4-2)29(41)34(24)32-26(36)19-6-5-7-20(30)16-19/h5-16,24H,3-4,17H2,1-2H3,(H,31,35)(H,32,36). The van der Waals surface area contributed by atoms with E-state index in [2.05, 4.69) is 10.7 Å². The summed E-state index contributed by atoms with van der Waals surface area (Å²) >= 11 is 5.54. The Hall–Kier alpha value is -4.84. The fourth-order valence-corrected chi connectivity index (χ4v) is 4.46. The van der Waals surface area contributed by atoms with Gasteiger partial charge in [-0.2, -0.15) is 0 Å². The van der Waals surface area contributed by atoms with Gasteiger partial charge in [0.15, 0.2) is 0 Å². The number of esters is 1. The third-order valence-corrected chi connectivity index (χ3v) is 6.37. The lowest BCUT2D eigenvalue weighted by atomic mass is 10.1. The molecule has 1 heterocycles. The van der Waals surface area contributed by atoms with E-state index in [1.54, 1.807) is 31.2 Å². The lowest BCUT2D eigenvalue weighted by Crippen LogP contribution is -2.49. The second-order valence-electron chi connectivity index (χ2n) is 8.77. The molecular formula is C29H27FN4O6S. The molecule has 3 aromatic carbocycles. The average molecular weight is 579 g/mol. The highest BCUT2D eigenvalue weighted by molar-refractivity contribution is 7.80. The van der Waals surface area contributed by atoms with Crippen LogP contribution in [-0.2, 0) is 14.3 Å². The summed E-state index contributed by atoms with van der Waals surface area (Å²) in [4.78, 5) is 52.8. The Balaban J connectivity index is 1.58. The van der Waals surface area contributed by atoms with Gasteiger partial charge in [-0.05, 0) is 92.8 Å². The molecule has 212 valence electrons. The van der Waals surface area contributed by atoms with Crippen LogP contribution >= 0.6 is 12.2 Å². The molecule has 1 saturated heterocycles. The van der Waals surface area contributed by atoms with E-state index in [1.807, 2.05) is 6.92 Å². The molecule has 10 nitrogen and oxygen atoms in total. The lowest BCUT2D eigenvalue weighted by Gasteiger charge is -2.24. The normalized spacial score (nSPS) is 14.6. The third kappa shape index (κ3) is 6.84. The molecule has 1 atom stereocenters. The second-order valence-corrected chi connectivity index (χ2v) is 9.14. The molecule has 0 aromatic heterocycles. The summed E-state index contributed by atoms with van der Waals surface area (Å²) in [5.74, 6) is -2.33. The minimum Gasteiger partial charge on any atom is -0.494 e.